The van der Waals surface area contributed by atoms with Gasteiger partial charge in [-0.25, -0.2) is 4.98 Å². The van der Waals surface area contributed by atoms with Crippen LogP contribution in [0.3, 0.4) is 0 Å². The zero-order valence-corrected chi connectivity index (χ0v) is 19.2. The molecule has 2 fully saturated rings. The molecule has 1 saturated carbocycles. The first-order chi connectivity index (χ1) is 14.5. The van der Waals surface area contributed by atoms with Crippen LogP contribution in [0.5, 0.6) is 0 Å². The van der Waals surface area contributed by atoms with Gasteiger partial charge in [0.1, 0.15) is 5.82 Å². The van der Waals surface area contributed by atoms with Gasteiger partial charge in [0.2, 0.25) is 11.8 Å². The summed E-state index contributed by atoms with van der Waals surface area (Å²) in [7, 11) is 1.77. The molecule has 166 valence electrons. The Kier molecular flexibility index (Phi) is 8.61. The first kappa shape index (κ1) is 23.1. The maximum Gasteiger partial charge on any atom is 0.239 e. The summed E-state index contributed by atoms with van der Waals surface area (Å²) >= 11 is 3.31. The molecular weight excluding hydrogens is 450 g/mol. The van der Waals surface area contributed by atoms with Crippen molar-refractivity contribution in [2.45, 2.75) is 37.6 Å². The average molecular weight is 482 g/mol. The van der Waals surface area contributed by atoms with E-state index in [9.17, 15) is 9.59 Å². The largest absolute Gasteiger partial charge is 0.379 e. The second kappa shape index (κ2) is 11.2. The van der Waals surface area contributed by atoms with Gasteiger partial charge >= 0.3 is 0 Å². The lowest BCUT2D eigenvalue weighted by atomic mass is 9.79. The Bertz CT molecular complexity index is 703. The molecule has 0 bridgehead atoms. The molecule has 1 aliphatic carbocycles. The first-order valence-corrected chi connectivity index (χ1v) is 11.5. The molecule has 3 rings (SSSR count). The van der Waals surface area contributed by atoms with Crippen LogP contribution in [-0.2, 0) is 14.3 Å². The highest BCUT2D eigenvalue weighted by atomic mass is 79.9. The van der Waals surface area contributed by atoms with Crippen molar-refractivity contribution in [3.05, 3.63) is 22.8 Å². The number of likely N-dealkylation sites (N-methyl/N-ethyl adjacent to an activating group) is 1. The van der Waals surface area contributed by atoms with Crippen LogP contribution in [0.15, 0.2) is 22.8 Å². The lowest BCUT2D eigenvalue weighted by molar-refractivity contribution is -0.124. The summed E-state index contributed by atoms with van der Waals surface area (Å²) in [5, 5.41) is 5.88. The molecule has 2 amide bonds. The van der Waals surface area contributed by atoms with Crippen LogP contribution in [0.4, 0.5) is 5.82 Å². The van der Waals surface area contributed by atoms with E-state index in [0.717, 1.165) is 43.6 Å². The van der Waals surface area contributed by atoms with Gasteiger partial charge in [0.15, 0.2) is 0 Å². The fourth-order valence-corrected chi connectivity index (χ4v) is 4.58. The average Bonchev–Trinajstić information content (AvgIpc) is 2.75. The van der Waals surface area contributed by atoms with Crippen molar-refractivity contribution in [3.63, 3.8) is 0 Å². The highest BCUT2D eigenvalue weighted by Gasteiger charge is 2.38. The molecule has 1 aromatic heterocycles. The number of anilines is 1. The van der Waals surface area contributed by atoms with Gasteiger partial charge in [-0.3, -0.25) is 19.4 Å². The normalized spacial score (nSPS) is 19.4. The van der Waals surface area contributed by atoms with E-state index in [-0.39, 0.29) is 30.4 Å². The van der Waals surface area contributed by atoms with Gasteiger partial charge in [0.05, 0.1) is 26.3 Å². The Morgan fingerprint density at radius 1 is 1.17 bits per heavy atom. The Morgan fingerprint density at radius 2 is 1.87 bits per heavy atom. The summed E-state index contributed by atoms with van der Waals surface area (Å²) in [5.41, 5.74) is 0.0425. The van der Waals surface area contributed by atoms with Gasteiger partial charge in [0, 0.05) is 35.8 Å². The van der Waals surface area contributed by atoms with E-state index < -0.39 is 0 Å². The predicted molar refractivity (Wildman–Crippen MR) is 119 cm³/mol. The minimum atomic E-state index is -0.197. The zero-order valence-electron chi connectivity index (χ0n) is 17.7. The molecule has 9 heteroatoms. The molecule has 0 unspecified atom stereocenters. The number of carbonyl (C=O) groups excluding carboxylic acids is 2. The smallest absolute Gasteiger partial charge is 0.239 e. The van der Waals surface area contributed by atoms with Gasteiger partial charge in [-0.1, -0.05) is 19.3 Å². The third kappa shape index (κ3) is 6.73. The number of nitrogens with one attached hydrogen (secondary N) is 2. The van der Waals surface area contributed by atoms with E-state index in [0.29, 0.717) is 12.4 Å². The Labute approximate surface area is 186 Å². The summed E-state index contributed by atoms with van der Waals surface area (Å²) in [4.78, 5) is 33.1. The molecule has 0 spiro atoms. The molecule has 8 nitrogen and oxygen atoms in total. The van der Waals surface area contributed by atoms with E-state index >= 15 is 0 Å². The number of pyridine rings is 1. The van der Waals surface area contributed by atoms with Gasteiger partial charge < -0.3 is 15.4 Å². The minimum absolute atomic E-state index is 0.0425. The number of aromatic nitrogens is 1. The number of carbonyl (C=O) groups is 2. The van der Waals surface area contributed by atoms with E-state index in [1.165, 1.54) is 19.3 Å². The maximum absolute atomic E-state index is 12.6. The third-order valence-corrected chi connectivity index (χ3v) is 6.37. The van der Waals surface area contributed by atoms with Crippen LogP contribution in [0, 0.1) is 0 Å². The number of nitrogens with zero attached hydrogens (tertiary/aromatic N) is 3. The lowest BCUT2D eigenvalue weighted by Gasteiger charge is -2.48. The summed E-state index contributed by atoms with van der Waals surface area (Å²) < 4.78 is 6.37. The summed E-state index contributed by atoms with van der Waals surface area (Å²) in [6.45, 7) is 4.36. The third-order valence-electron chi connectivity index (χ3n) is 5.90. The van der Waals surface area contributed by atoms with Gasteiger partial charge in [0.25, 0.3) is 0 Å². The van der Waals surface area contributed by atoms with Crippen molar-refractivity contribution in [2.24, 2.45) is 0 Å². The van der Waals surface area contributed by atoms with Crippen molar-refractivity contribution in [2.75, 3.05) is 58.3 Å². The summed E-state index contributed by atoms with van der Waals surface area (Å²) in [5.74, 6) is 0.244. The van der Waals surface area contributed by atoms with Crippen molar-refractivity contribution in [3.8, 4) is 0 Å². The van der Waals surface area contributed by atoms with Crippen LogP contribution in [0.1, 0.15) is 32.1 Å². The standard InChI is InChI=1S/C21H32BrN5O3/c1-26(15-20(29)25-18-6-5-17(22)13-23-18)14-19(28)24-16-21(7-3-2-4-8-21)27-9-11-30-12-10-27/h5-6,13H,2-4,7-12,14-16H2,1H3,(H,24,28)(H,23,25,29). The van der Waals surface area contributed by atoms with Gasteiger partial charge in [-0.2, -0.15) is 0 Å². The number of ether oxygens (including phenoxy) is 1. The zero-order chi connectivity index (χ0) is 21.4. The van der Waals surface area contributed by atoms with Gasteiger partial charge in [-0.15, -0.1) is 0 Å². The highest BCUT2D eigenvalue weighted by molar-refractivity contribution is 9.10. The second-order valence-electron chi connectivity index (χ2n) is 8.24. The number of halogens is 1. The number of rotatable bonds is 8. The van der Waals surface area contributed by atoms with Crippen LogP contribution in [0.25, 0.3) is 0 Å². The monoisotopic (exact) mass is 481 g/mol. The predicted octanol–water partition coefficient (Wildman–Crippen LogP) is 1.87. The lowest BCUT2D eigenvalue weighted by Crippen LogP contribution is -2.60. The number of amides is 2. The van der Waals surface area contributed by atoms with E-state index in [4.69, 9.17) is 4.74 Å². The molecule has 1 aromatic rings. The molecule has 0 aromatic carbocycles. The number of morpholine rings is 1. The second-order valence-corrected chi connectivity index (χ2v) is 9.16. The van der Waals surface area contributed by atoms with Crippen molar-refractivity contribution >= 4 is 33.6 Å². The molecule has 1 aliphatic heterocycles. The van der Waals surface area contributed by atoms with Crippen molar-refractivity contribution in [1.29, 1.82) is 0 Å². The highest BCUT2D eigenvalue weighted by Crippen LogP contribution is 2.33. The fourth-order valence-electron chi connectivity index (χ4n) is 4.35. The number of hydrogen-bond acceptors (Lipinski definition) is 6. The Morgan fingerprint density at radius 3 is 2.53 bits per heavy atom. The van der Waals surface area contributed by atoms with Crippen LogP contribution in [-0.4, -0.2) is 85.1 Å². The summed E-state index contributed by atoms with van der Waals surface area (Å²) in [6.07, 6.45) is 7.54. The van der Waals surface area contributed by atoms with E-state index in [2.05, 4.69) is 36.4 Å². The molecule has 1 saturated heterocycles. The molecule has 0 atom stereocenters. The van der Waals surface area contributed by atoms with E-state index in [1.807, 2.05) is 6.07 Å². The van der Waals surface area contributed by atoms with Crippen LogP contribution < -0.4 is 10.6 Å². The SMILES string of the molecule is CN(CC(=O)NCC1(N2CCOCC2)CCCCC1)CC(=O)Nc1ccc(Br)cn1. The van der Waals surface area contributed by atoms with Crippen LogP contribution >= 0.6 is 15.9 Å². The van der Waals surface area contributed by atoms with Crippen LogP contribution in [0.2, 0.25) is 0 Å². The molecule has 0 radical (unpaired) electrons. The molecule has 2 aliphatic rings. The summed E-state index contributed by atoms with van der Waals surface area (Å²) in [6, 6.07) is 3.54. The quantitative estimate of drug-likeness (QED) is 0.589. The minimum Gasteiger partial charge on any atom is -0.379 e. The molecular formula is C21H32BrN5O3. The Hall–Kier alpha value is -1.55. The topological polar surface area (TPSA) is 86.8 Å². The van der Waals surface area contributed by atoms with E-state index in [1.54, 1.807) is 24.2 Å². The molecule has 30 heavy (non-hydrogen) atoms. The first-order valence-electron chi connectivity index (χ1n) is 10.7. The number of hydrogen-bond donors (Lipinski definition) is 2. The van der Waals surface area contributed by atoms with Crippen molar-refractivity contribution in [1.82, 2.24) is 20.1 Å². The van der Waals surface area contributed by atoms with Gasteiger partial charge in [-0.05, 0) is 48.0 Å². The maximum atomic E-state index is 12.6. The Balaban J connectivity index is 1.45. The molecule has 2 heterocycles. The molecule has 2 N–H and O–H groups in total. The van der Waals surface area contributed by atoms with Crippen molar-refractivity contribution < 1.29 is 14.3 Å². The fraction of sp³-hybridized carbons (Fsp3) is 0.667.